The number of carbonyl (C=O) groups excluding carboxylic acids is 1. The fourth-order valence-electron chi connectivity index (χ4n) is 3.37. The van der Waals surface area contributed by atoms with Crippen LogP contribution >= 0.6 is 11.3 Å². The van der Waals surface area contributed by atoms with E-state index in [9.17, 15) is 19.7 Å². The lowest BCUT2D eigenvalue weighted by Gasteiger charge is -2.04. The highest BCUT2D eigenvalue weighted by Gasteiger charge is 2.20. The predicted molar refractivity (Wildman–Crippen MR) is 121 cm³/mol. The van der Waals surface area contributed by atoms with Crippen molar-refractivity contribution in [3.63, 3.8) is 0 Å². The van der Waals surface area contributed by atoms with E-state index >= 15 is 0 Å². The molecule has 0 bridgehead atoms. The third-order valence-electron chi connectivity index (χ3n) is 5.02. The minimum Gasteiger partial charge on any atom is -0.461 e. The molecule has 2 aromatic heterocycles. The number of aromatic amines is 1. The molecule has 0 aliphatic rings. The predicted octanol–water partition coefficient (Wildman–Crippen LogP) is 4.19. The first-order chi connectivity index (χ1) is 15.4. The summed E-state index contributed by atoms with van der Waals surface area (Å²) in [5.41, 5.74) is 2.05. The van der Waals surface area contributed by atoms with Crippen molar-refractivity contribution in [2.45, 2.75) is 19.8 Å². The highest BCUT2D eigenvalue weighted by molar-refractivity contribution is 7.20. The number of esters is 1. The Morgan fingerprint density at radius 3 is 2.53 bits per heavy atom. The van der Waals surface area contributed by atoms with Crippen LogP contribution in [0.5, 0.6) is 0 Å². The maximum atomic E-state index is 12.7. The normalized spacial score (nSPS) is 10.9. The largest absolute Gasteiger partial charge is 0.461 e. The monoisotopic (exact) mass is 449 g/mol. The summed E-state index contributed by atoms with van der Waals surface area (Å²) in [6.07, 6.45) is 0.908. The highest BCUT2D eigenvalue weighted by Crippen LogP contribution is 2.28. The summed E-state index contributed by atoms with van der Waals surface area (Å²) in [5, 5.41) is 11.2. The summed E-state index contributed by atoms with van der Waals surface area (Å²) in [7, 11) is 0. The fraction of sp³-hybridized carbons (Fsp3) is 0.174. The Bertz CT molecular complexity index is 1340. The van der Waals surface area contributed by atoms with E-state index in [1.54, 1.807) is 19.1 Å². The van der Waals surface area contributed by atoms with Crippen molar-refractivity contribution in [2.24, 2.45) is 0 Å². The van der Waals surface area contributed by atoms with Gasteiger partial charge in [-0.05, 0) is 23.6 Å². The van der Waals surface area contributed by atoms with Crippen LogP contribution in [-0.2, 0) is 17.6 Å². The number of nitro benzene ring substituents is 1. The van der Waals surface area contributed by atoms with E-state index < -0.39 is 10.9 Å². The molecular weight excluding hydrogens is 430 g/mol. The number of benzene rings is 2. The highest BCUT2D eigenvalue weighted by atomic mass is 32.1. The third-order valence-corrected chi connectivity index (χ3v) is 6.19. The van der Waals surface area contributed by atoms with Gasteiger partial charge in [-0.3, -0.25) is 14.9 Å². The molecule has 0 saturated heterocycles. The summed E-state index contributed by atoms with van der Waals surface area (Å²) < 4.78 is 5.42. The summed E-state index contributed by atoms with van der Waals surface area (Å²) in [5.74, 6) is -0.0562. The Kier molecular flexibility index (Phi) is 6.09. The lowest BCUT2D eigenvalue weighted by atomic mass is 10.1. The summed E-state index contributed by atoms with van der Waals surface area (Å²) in [4.78, 5) is 43.6. The van der Waals surface area contributed by atoms with E-state index in [1.165, 1.54) is 12.1 Å². The van der Waals surface area contributed by atoms with E-state index in [-0.39, 0.29) is 17.9 Å². The molecule has 0 unspecified atom stereocenters. The SMILES string of the molecule is Cc1c(C(=O)OCCc2ccccc2)sc2nc(Cc3ccc([N+](=O)[O-])cc3)[nH]c(=O)c12. The summed E-state index contributed by atoms with van der Waals surface area (Å²) >= 11 is 1.13. The molecule has 8 nitrogen and oxygen atoms in total. The van der Waals surface area contributed by atoms with Crippen LogP contribution in [0.1, 0.15) is 32.2 Å². The van der Waals surface area contributed by atoms with Crippen molar-refractivity contribution in [3.05, 3.63) is 102 Å². The standard InChI is InChI=1S/C23H19N3O5S/c1-14-19-21(27)24-18(13-16-7-9-17(10-8-16)26(29)30)25-22(19)32-20(14)23(28)31-12-11-15-5-3-2-4-6-15/h2-10H,11-13H2,1H3,(H,24,25,27). The van der Waals surface area contributed by atoms with Crippen molar-refractivity contribution >= 4 is 33.2 Å². The topological polar surface area (TPSA) is 115 Å². The molecule has 32 heavy (non-hydrogen) atoms. The van der Waals surface area contributed by atoms with Gasteiger partial charge in [0.15, 0.2) is 0 Å². The number of aromatic nitrogens is 2. The first-order valence-corrected chi connectivity index (χ1v) is 10.7. The zero-order valence-corrected chi connectivity index (χ0v) is 18.0. The van der Waals surface area contributed by atoms with Gasteiger partial charge >= 0.3 is 5.97 Å². The number of nitrogens with one attached hydrogen (secondary N) is 1. The lowest BCUT2D eigenvalue weighted by Crippen LogP contribution is -2.12. The second-order valence-electron chi connectivity index (χ2n) is 7.22. The van der Waals surface area contributed by atoms with E-state index in [1.807, 2.05) is 30.3 Å². The average molecular weight is 449 g/mol. The summed E-state index contributed by atoms with van der Waals surface area (Å²) in [6.45, 7) is 1.95. The van der Waals surface area contributed by atoms with Gasteiger partial charge in [-0.1, -0.05) is 42.5 Å². The van der Waals surface area contributed by atoms with Crippen LogP contribution in [0, 0.1) is 17.0 Å². The van der Waals surface area contributed by atoms with E-state index in [2.05, 4.69) is 9.97 Å². The van der Waals surface area contributed by atoms with Gasteiger partial charge in [0.1, 0.15) is 15.5 Å². The molecule has 0 aliphatic carbocycles. The van der Waals surface area contributed by atoms with Gasteiger partial charge in [0.05, 0.1) is 16.9 Å². The zero-order valence-electron chi connectivity index (χ0n) is 17.2. The second kappa shape index (κ2) is 9.11. The Labute approximate surface area is 186 Å². The molecule has 162 valence electrons. The molecule has 0 saturated carbocycles. The molecule has 0 amide bonds. The number of hydrogen-bond donors (Lipinski definition) is 1. The van der Waals surface area contributed by atoms with E-state index in [0.717, 1.165) is 22.5 Å². The van der Waals surface area contributed by atoms with Crippen molar-refractivity contribution in [2.75, 3.05) is 6.61 Å². The molecule has 1 N–H and O–H groups in total. The second-order valence-corrected chi connectivity index (χ2v) is 8.22. The Morgan fingerprint density at radius 2 is 1.84 bits per heavy atom. The molecule has 2 aromatic carbocycles. The average Bonchev–Trinajstić information content (AvgIpc) is 3.11. The number of nitrogens with zero attached hydrogens (tertiary/aromatic N) is 2. The Morgan fingerprint density at radius 1 is 1.12 bits per heavy atom. The maximum Gasteiger partial charge on any atom is 0.348 e. The van der Waals surface area contributed by atoms with Crippen LogP contribution in [0.2, 0.25) is 0 Å². The van der Waals surface area contributed by atoms with Gasteiger partial charge in [0.25, 0.3) is 11.2 Å². The van der Waals surface area contributed by atoms with Crippen molar-refractivity contribution < 1.29 is 14.5 Å². The van der Waals surface area contributed by atoms with Gasteiger partial charge in [0, 0.05) is 25.0 Å². The molecule has 4 rings (SSSR count). The Hall–Kier alpha value is -3.85. The van der Waals surface area contributed by atoms with Gasteiger partial charge in [-0.2, -0.15) is 0 Å². The van der Waals surface area contributed by atoms with Crippen LogP contribution in [0.15, 0.2) is 59.4 Å². The maximum absolute atomic E-state index is 12.7. The molecule has 2 heterocycles. The number of ether oxygens (including phenoxy) is 1. The number of aryl methyl sites for hydroxylation is 1. The Balaban J connectivity index is 1.52. The van der Waals surface area contributed by atoms with Crippen molar-refractivity contribution in [1.29, 1.82) is 0 Å². The summed E-state index contributed by atoms with van der Waals surface area (Å²) in [6, 6.07) is 15.8. The number of carbonyl (C=O) groups is 1. The molecular formula is C23H19N3O5S. The lowest BCUT2D eigenvalue weighted by molar-refractivity contribution is -0.384. The van der Waals surface area contributed by atoms with Crippen LogP contribution in [0.3, 0.4) is 0 Å². The van der Waals surface area contributed by atoms with Gasteiger partial charge < -0.3 is 9.72 Å². The third kappa shape index (κ3) is 4.57. The number of fused-ring (bicyclic) bond motifs is 1. The van der Waals surface area contributed by atoms with Gasteiger partial charge in [0.2, 0.25) is 0 Å². The van der Waals surface area contributed by atoms with Crippen LogP contribution in [-0.4, -0.2) is 27.5 Å². The quantitative estimate of drug-likeness (QED) is 0.257. The molecule has 9 heteroatoms. The van der Waals surface area contributed by atoms with Gasteiger partial charge in [-0.25, -0.2) is 9.78 Å². The molecule has 0 spiro atoms. The number of hydrogen-bond acceptors (Lipinski definition) is 7. The molecule has 0 fully saturated rings. The molecule has 4 aromatic rings. The minimum absolute atomic E-state index is 0.00467. The number of thiophene rings is 1. The van der Waals surface area contributed by atoms with Crippen molar-refractivity contribution in [3.8, 4) is 0 Å². The van der Waals surface area contributed by atoms with Gasteiger partial charge in [-0.15, -0.1) is 11.3 Å². The smallest absolute Gasteiger partial charge is 0.348 e. The van der Waals surface area contributed by atoms with Crippen LogP contribution < -0.4 is 5.56 Å². The molecule has 0 atom stereocenters. The number of non-ortho nitro benzene ring substituents is 1. The van der Waals surface area contributed by atoms with E-state index in [0.29, 0.717) is 39.3 Å². The van der Waals surface area contributed by atoms with Crippen LogP contribution in [0.4, 0.5) is 5.69 Å². The zero-order chi connectivity index (χ0) is 22.7. The fourth-order valence-corrected chi connectivity index (χ4v) is 4.46. The molecule has 0 aliphatic heterocycles. The minimum atomic E-state index is -0.474. The number of H-pyrrole nitrogens is 1. The molecule has 0 radical (unpaired) electrons. The number of rotatable bonds is 7. The number of nitro groups is 1. The first-order valence-electron chi connectivity index (χ1n) is 9.89. The van der Waals surface area contributed by atoms with Crippen LogP contribution in [0.25, 0.3) is 10.2 Å². The first kappa shape index (κ1) is 21.4. The van der Waals surface area contributed by atoms with Crippen molar-refractivity contribution in [1.82, 2.24) is 9.97 Å². The van der Waals surface area contributed by atoms with E-state index in [4.69, 9.17) is 4.74 Å².